The molecule has 0 aliphatic rings. The van der Waals surface area contributed by atoms with E-state index >= 15 is 0 Å². The zero-order valence-electron chi connectivity index (χ0n) is 33.9. The number of rotatable bonds is 7. The van der Waals surface area contributed by atoms with Gasteiger partial charge in [-0.25, -0.2) is 0 Å². The Labute approximate surface area is 360 Å². The number of furan rings is 1. The zero-order chi connectivity index (χ0) is 41.0. The molecule has 0 atom stereocenters. The lowest BCUT2D eigenvalue weighted by atomic mass is 9.94. The van der Waals surface area contributed by atoms with Crippen LogP contribution in [0, 0.1) is 0 Å². The first-order valence-corrected chi connectivity index (χ1v) is 21.2. The van der Waals surface area contributed by atoms with Gasteiger partial charge in [0.25, 0.3) is 0 Å². The van der Waals surface area contributed by atoms with Crippen molar-refractivity contribution in [3.63, 3.8) is 0 Å². The van der Waals surface area contributed by atoms with E-state index in [0.717, 1.165) is 50.1 Å². The first-order valence-electron chi connectivity index (χ1n) is 21.2. The Kier molecular flexibility index (Phi) is 8.53. The van der Waals surface area contributed by atoms with Crippen LogP contribution < -0.4 is 4.90 Å². The van der Waals surface area contributed by atoms with Crippen LogP contribution in [0.3, 0.4) is 0 Å². The fraction of sp³-hybridized carbons (Fsp3) is 0. The summed E-state index contributed by atoms with van der Waals surface area (Å²) in [5.74, 6) is 0. The third-order valence-electron chi connectivity index (χ3n) is 12.4. The highest BCUT2D eigenvalue weighted by atomic mass is 16.3. The minimum absolute atomic E-state index is 0.891. The van der Waals surface area contributed by atoms with E-state index < -0.39 is 0 Å². The number of hydrogen-bond donors (Lipinski definition) is 0. The van der Waals surface area contributed by atoms with Gasteiger partial charge >= 0.3 is 0 Å². The number of hydrogen-bond acceptors (Lipinski definition) is 2. The summed E-state index contributed by atoms with van der Waals surface area (Å²) in [4.78, 5) is 2.38. The van der Waals surface area contributed by atoms with Crippen LogP contribution in [0.1, 0.15) is 0 Å². The first kappa shape index (κ1) is 35.7. The molecule has 0 aliphatic heterocycles. The monoisotopic (exact) mass is 789 g/mol. The van der Waals surface area contributed by atoms with Gasteiger partial charge in [0.2, 0.25) is 0 Å². The molecule has 2 nitrogen and oxygen atoms in total. The van der Waals surface area contributed by atoms with Gasteiger partial charge in [0.05, 0.1) is 0 Å². The molecular formula is C60H39NO. The van der Waals surface area contributed by atoms with Crippen molar-refractivity contribution in [2.75, 3.05) is 4.90 Å². The van der Waals surface area contributed by atoms with Gasteiger partial charge in [0.1, 0.15) is 11.2 Å². The van der Waals surface area contributed by atoms with Crippen LogP contribution in [-0.2, 0) is 0 Å². The van der Waals surface area contributed by atoms with Gasteiger partial charge in [-0.3, -0.25) is 0 Å². The molecule has 1 heterocycles. The van der Waals surface area contributed by atoms with Crippen LogP contribution in [0.15, 0.2) is 241 Å². The van der Waals surface area contributed by atoms with E-state index in [1.807, 2.05) is 12.1 Å². The Morgan fingerprint density at radius 2 is 0.790 bits per heavy atom. The summed E-state index contributed by atoms with van der Waals surface area (Å²) in [6, 6.07) is 85.6. The van der Waals surface area contributed by atoms with Crippen LogP contribution in [0.25, 0.3) is 98.8 Å². The number of para-hydroxylation sites is 1. The molecule has 2 heteroatoms. The molecule has 11 aromatic carbocycles. The highest BCUT2D eigenvalue weighted by Crippen LogP contribution is 2.43. The molecule has 0 amide bonds. The van der Waals surface area contributed by atoms with Gasteiger partial charge in [0.15, 0.2) is 0 Å². The fourth-order valence-corrected chi connectivity index (χ4v) is 9.41. The molecule has 12 aromatic rings. The number of nitrogens with zero attached hydrogens (tertiary/aromatic N) is 1. The molecule has 0 radical (unpaired) electrons. The van der Waals surface area contributed by atoms with E-state index in [2.05, 4.69) is 229 Å². The molecule has 0 N–H and O–H groups in total. The van der Waals surface area contributed by atoms with E-state index in [-0.39, 0.29) is 0 Å². The average Bonchev–Trinajstić information content (AvgIpc) is 3.73. The van der Waals surface area contributed by atoms with Gasteiger partial charge < -0.3 is 9.32 Å². The van der Waals surface area contributed by atoms with Gasteiger partial charge in [-0.1, -0.05) is 182 Å². The highest BCUT2D eigenvalue weighted by Gasteiger charge is 2.18. The largest absolute Gasteiger partial charge is 0.456 e. The number of benzene rings is 11. The van der Waals surface area contributed by atoms with Gasteiger partial charge in [-0.15, -0.1) is 0 Å². The third kappa shape index (κ3) is 6.20. The fourth-order valence-electron chi connectivity index (χ4n) is 9.41. The van der Waals surface area contributed by atoms with Crippen LogP contribution in [0.2, 0.25) is 0 Å². The predicted molar refractivity (Wildman–Crippen MR) is 263 cm³/mol. The topological polar surface area (TPSA) is 16.4 Å². The Bertz CT molecular complexity index is 3630. The second-order valence-corrected chi connectivity index (χ2v) is 16.1. The molecule has 1 aromatic heterocycles. The van der Waals surface area contributed by atoms with Crippen molar-refractivity contribution in [2.24, 2.45) is 0 Å². The molecular weight excluding hydrogens is 751 g/mol. The lowest BCUT2D eigenvalue weighted by Crippen LogP contribution is -2.10. The maximum absolute atomic E-state index is 6.32. The van der Waals surface area contributed by atoms with Crippen LogP contribution >= 0.6 is 0 Å². The van der Waals surface area contributed by atoms with Crippen molar-refractivity contribution in [3.05, 3.63) is 237 Å². The highest BCUT2D eigenvalue weighted by molar-refractivity contribution is 6.13. The predicted octanol–water partition coefficient (Wildman–Crippen LogP) is 17.2. The Morgan fingerprint density at radius 3 is 1.56 bits per heavy atom. The maximum Gasteiger partial charge on any atom is 0.136 e. The van der Waals surface area contributed by atoms with E-state index in [1.54, 1.807) is 0 Å². The average molecular weight is 790 g/mol. The molecule has 62 heavy (non-hydrogen) atoms. The van der Waals surface area contributed by atoms with Gasteiger partial charge in [0, 0.05) is 27.8 Å². The van der Waals surface area contributed by atoms with Crippen molar-refractivity contribution in [1.82, 2.24) is 0 Å². The van der Waals surface area contributed by atoms with Gasteiger partial charge in [-0.05, 0) is 131 Å². The molecule has 0 spiro atoms. The van der Waals surface area contributed by atoms with Crippen molar-refractivity contribution < 1.29 is 4.42 Å². The molecule has 0 bridgehead atoms. The van der Waals surface area contributed by atoms with Crippen molar-refractivity contribution in [3.8, 4) is 44.5 Å². The lowest BCUT2D eigenvalue weighted by molar-refractivity contribution is 0.669. The molecule has 0 aliphatic carbocycles. The summed E-state index contributed by atoms with van der Waals surface area (Å²) in [5.41, 5.74) is 14.5. The quantitative estimate of drug-likeness (QED) is 0.150. The number of fused-ring (bicyclic) bond motifs is 7. The van der Waals surface area contributed by atoms with Crippen LogP contribution in [0.4, 0.5) is 17.1 Å². The first-order chi connectivity index (χ1) is 30.7. The smallest absolute Gasteiger partial charge is 0.136 e. The minimum Gasteiger partial charge on any atom is -0.456 e. The van der Waals surface area contributed by atoms with E-state index in [9.17, 15) is 0 Å². The summed E-state index contributed by atoms with van der Waals surface area (Å²) >= 11 is 0. The summed E-state index contributed by atoms with van der Waals surface area (Å²) in [7, 11) is 0. The van der Waals surface area contributed by atoms with Crippen molar-refractivity contribution in [1.29, 1.82) is 0 Å². The second kappa shape index (κ2) is 14.8. The molecule has 0 unspecified atom stereocenters. The summed E-state index contributed by atoms with van der Waals surface area (Å²) in [5, 5.41) is 9.79. The maximum atomic E-state index is 6.32. The van der Waals surface area contributed by atoms with E-state index in [0.29, 0.717) is 0 Å². The Hall–Kier alpha value is -8.20. The lowest BCUT2D eigenvalue weighted by Gasteiger charge is -2.27. The zero-order valence-corrected chi connectivity index (χ0v) is 33.9. The molecule has 0 saturated heterocycles. The molecule has 0 fully saturated rings. The van der Waals surface area contributed by atoms with Gasteiger partial charge in [-0.2, -0.15) is 0 Å². The standard InChI is InChI=1S/C60H39NO/c1-2-13-45-37-46(30-29-40(45)11-1)43-27-25-41(26-28-43)42-31-34-49(35-32-42)61(51-17-8-15-48(39-51)54-21-10-24-59-60(54)57-19-5-6-23-58(57)62-59)50-16-7-14-47(38-50)53-20-9-22-55-52-18-4-3-12-44(52)33-36-56(53)55/h1-39H. The minimum atomic E-state index is 0.891. The Morgan fingerprint density at radius 1 is 0.258 bits per heavy atom. The second-order valence-electron chi connectivity index (χ2n) is 16.1. The van der Waals surface area contributed by atoms with Crippen molar-refractivity contribution in [2.45, 2.75) is 0 Å². The molecule has 12 rings (SSSR count). The van der Waals surface area contributed by atoms with Crippen molar-refractivity contribution >= 4 is 71.3 Å². The van der Waals surface area contributed by atoms with Crippen LogP contribution in [0.5, 0.6) is 0 Å². The third-order valence-corrected chi connectivity index (χ3v) is 12.4. The molecule has 0 saturated carbocycles. The number of anilines is 3. The van der Waals surface area contributed by atoms with E-state index in [1.165, 1.54) is 65.7 Å². The SMILES string of the molecule is c1cc(-c2cccc3c2ccc2ccccc23)cc(N(c2ccc(-c3ccc(-c4ccc5ccccc5c4)cc3)cc2)c2cccc(-c3cccc4oc5ccccc5c34)c2)c1. The summed E-state index contributed by atoms with van der Waals surface area (Å²) < 4.78 is 6.32. The Balaban J connectivity index is 0.962. The summed E-state index contributed by atoms with van der Waals surface area (Å²) in [6.07, 6.45) is 0. The molecule has 290 valence electrons. The normalized spacial score (nSPS) is 11.5. The van der Waals surface area contributed by atoms with Crippen LogP contribution in [-0.4, -0.2) is 0 Å². The summed E-state index contributed by atoms with van der Waals surface area (Å²) in [6.45, 7) is 0. The van der Waals surface area contributed by atoms with E-state index in [4.69, 9.17) is 4.42 Å².